The lowest BCUT2D eigenvalue weighted by Crippen LogP contribution is -2.42. The van der Waals surface area contributed by atoms with Gasteiger partial charge in [-0.05, 0) is 30.7 Å². The number of piperidine rings is 1. The summed E-state index contributed by atoms with van der Waals surface area (Å²) < 4.78 is 5.88. The third-order valence-corrected chi connectivity index (χ3v) is 5.67. The molecule has 0 bridgehead atoms. The number of likely N-dealkylation sites (tertiary alicyclic amines) is 1. The number of benzene rings is 1. The SMILES string of the molecule is Cc1ccc(CN2CCc3oc(C(=O)N4CC(C)CC(C)C4)nc3C2)cc1. The van der Waals surface area contributed by atoms with E-state index in [1.54, 1.807) is 0 Å². The lowest BCUT2D eigenvalue weighted by molar-refractivity contribution is 0.0581. The van der Waals surface area contributed by atoms with Crippen molar-refractivity contribution in [3.63, 3.8) is 0 Å². The van der Waals surface area contributed by atoms with Gasteiger partial charge in [-0.2, -0.15) is 0 Å². The molecule has 27 heavy (non-hydrogen) atoms. The number of aromatic nitrogens is 1. The molecule has 0 spiro atoms. The molecule has 144 valence electrons. The maximum absolute atomic E-state index is 12.9. The summed E-state index contributed by atoms with van der Waals surface area (Å²) in [6, 6.07) is 8.67. The van der Waals surface area contributed by atoms with Crippen LogP contribution in [0.15, 0.2) is 28.7 Å². The van der Waals surface area contributed by atoms with Crippen molar-refractivity contribution in [3.05, 3.63) is 52.7 Å². The van der Waals surface area contributed by atoms with E-state index in [0.717, 1.165) is 50.6 Å². The predicted molar refractivity (Wildman–Crippen MR) is 104 cm³/mol. The van der Waals surface area contributed by atoms with Crippen molar-refractivity contribution in [2.24, 2.45) is 11.8 Å². The van der Waals surface area contributed by atoms with E-state index in [-0.39, 0.29) is 11.8 Å². The van der Waals surface area contributed by atoms with Gasteiger partial charge in [-0.1, -0.05) is 43.7 Å². The zero-order valence-electron chi connectivity index (χ0n) is 16.6. The van der Waals surface area contributed by atoms with Crippen LogP contribution < -0.4 is 0 Å². The number of carbonyl (C=O) groups excluding carboxylic acids is 1. The number of amides is 1. The third-order valence-electron chi connectivity index (χ3n) is 5.67. The van der Waals surface area contributed by atoms with E-state index in [1.807, 2.05) is 4.90 Å². The Morgan fingerprint density at radius 3 is 2.59 bits per heavy atom. The minimum atomic E-state index is -0.0483. The number of rotatable bonds is 3. The monoisotopic (exact) mass is 367 g/mol. The van der Waals surface area contributed by atoms with Crippen LogP contribution >= 0.6 is 0 Å². The standard InChI is InChI=1S/C22H29N3O2/c1-15-4-6-18(7-5-15)13-24-9-8-20-19(14-24)23-21(27-20)22(26)25-11-16(2)10-17(3)12-25/h4-7,16-17H,8-14H2,1-3H3. The largest absolute Gasteiger partial charge is 0.437 e. The highest BCUT2D eigenvalue weighted by Crippen LogP contribution is 2.25. The molecule has 1 aromatic heterocycles. The van der Waals surface area contributed by atoms with Crippen molar-refractivity contribution in [2.75, 3.05) is 19.6 Å². The maximum Gasteiger partial charge on any atom is 0.309 e. The minimum absolute atomic E-state index is 0.0483. The smallest absolute Gasteiger partial charge is 0.309 e. The van der Waals surface area contributed by atoms with Crippen LogP contribution in [0.5, 0.6) is 0 Å². The summed E-state index contributed by atoms with van der Waals surface area (Å²) in [6.45, 7) is 10.7. The van der Waals surface area contributed by atoms with Gasteiger partial charge in [-0.15, -0.1) is 0 Å². The molecule has 2 aliphatic heterocycles. The zero-order valence-corrected chi connectivity index (χ0v) is 16.6. The Morgan fingerprint density at radius 2 is 1.89 bits per heavy atom. The molecule has 5 nitrogen and oxygen atoms in total. The van der Waals surface area contributed by atoms with Crippen LogP contribution in [0.1, 0.15) is 53.5 Å². The van der Waals surface area contributed by atoms with Gasteiger partial charge in [0, 0.05) is 39.1 Å². The summed E-state index contributed by atoms with van der Waals surface area (Å²) in [6.07, 6.45) is 1.99. The van der Waals surface area contributed by atoms with E-state index < -0.39 is 0 Å². The molecule has 4 rings (SSSR count). The lowest BCUT2D eigenvalue weighted by Gasteiger charge is -2.34. The van der Waals surface area contributed by atoms with E-state index in [2.05, 4.69) is 54.9 Å². The molecule has 2 atom stereocenters. The number of aryl methyl sites for hydroxylation is 1. The molecule has 1 aromatic carbocycles. The summed E-state index contributed by atoms with van der Waals surface area (Å²) in [7, 11) is 0. The van der Waals surface area contributed by atoms with Crippen LogP contribution in [0, 0.1) is 18.8 Å². The van der Waals surface area contributed by atoms with Crippen molar-refractivity contribution >= 4 is 5.91 Å². The first-order chi connectivity index (χ1) is 13.0. The van der Waals surface area contributed by atoms with E-state index >= 15 is 0 Å². The van der Waals surface area contributed by atoms with Crippen molar-refractivity contribution in [1.82, 2.24) is 14.8 Å². The van der Waals surface area contributed by atoms with Crippen LogP contribution in [-0.4, -0.2) is 40.3 Å². The van der Waals surface area contributed by atoms with Gasteiger partial charge in [0.25, 0.3) is 5.89 Å². The molecular weight excluding hydrogens is 338 g/mol. The fourth-order valence-corrected chi connectivity index (χ4v) is 4.39. The molecule has 3 heterocycles. The normalized spacial score (nSPS) is 23.3. The highest BCUT2D eigenvalue weighted by molar-refractivity contribution is 5.89. The second-order valence-corrected chi connectivity index (χ2v) is 8.49. The minimum Gasteiger partial charge on any atom is -0.437 e. The van der Waals surface area contributed by atoms with E-state index in [0.29, 0.717) is 11.8 Å². The van der Waals surface area contributed by atoms with Gasteiger partial charge in [0.15, 0.2) is 0 Å². The summed E-state index contributed by atoms with van der Waals surface area (Å²) in [5.41, 5.74) is 3.51. The average Bonchev–Trinajstić information content (AvgIpc) is 3.05. The number of hydrogen-bond donors (Lipinski definition) is 0. The first-order valence-corrected chi connectivity index (χ1v) is 10.0. The molecule has 0 N–H and O–H groups in total. The second-order valence-electron chi connectivity index (χ2n) is 8.49. The summed E-state index contributed by atoms with van der Waals surface area (Å²) >= 11 is 0. The van der Waals surface area contributed by atoms with Crippen LogP contribution in [0.4, 0.5) is 0 Å². The molecular formula is C22H29N3O2. The van der Waals surface area contributed by atoms with Crippen molar-refractivity contribution in [1.29, 1.82) is 0 Å². The summed E-state index contributed by atoms with van der Waals surface area (Å²) in [4.78, 5) is 21.7. The Balaban J connectivity index is 1.44. The molecule has 1 saturated heterocycles. The summed E-state index contributed by atoms with van der Waals surface area (Å²) in [5, 5.41) is 0. The number of nitrogens with zero attached hydrogens (tertiary/aromatic N) is 3. The Kier molecular flexibility index (Phi) is 5.04. The van der Waals surface area contributed by atoms with Gasteiger partial charge in [0.2, 0.25) is 0 Å². The van der Waals surface area contributed by atoms with Crippen molar-refractivity contribution in [2.45, 2.75) is 46.7 Å². The van der Waals surface area contributed by atoms with Crippen LogP contribution in [0.3, 0.4) is 0 Å². The number of fused-ring (bicyclic) bond motifs is 1. The van der Waals surface area contributed by atoms with E-state index in [1.165, 1.54) is 17.5 Å². The Labute approximate surface area is 161 Å². The van der Waals surface area contributed by atoms with Crippen molar-refractivity contribution in [3.8, 4) is 0 Å². The molecule has 2 aliphatic rings. The summed E-state index contributed by atoms with van der Waals surface area (Å²) in [5.74, 6) is 2.18. The average molecular weight is 367 g/mol. The molecule has 5 heteroatoms. The Hall–Kier alpha value is -2.14. The molecule has 1 amide bonds. The third kappa shape index (κ3) is 4.08. The Bertz CT molecular complexity index is 801. The zero-order chi connectivity index (χ0) is 19.0. The quantitative estimate of drug-likeness (QED) is 0.831. The lowest BCUT2D eigenvalue weighted by atomic mass is 9.92. The van der Waals surface area contributed by atoms with E-state index in [4.69, 9.17) is 4.42 Å². The highest BCUT2D eigenvalue weighted by Gasteiger charge is 2.31. The second kappa shape index (κ2) is 7.47. The van der Waals surface area contributed by atoms with Gasteiger partial charge in [0.05, 0.1) is 5.69 Å². The molecule has 1 fully saturated rings. The van der Waals surface area contributed by atoms with Crippen LogP contribution in [0.25, 0.3) is 0 Å². The van der Waals surface area contributed by atoms with Gasteiger partial charge < -0.3 is 9.32 Å². The fraction of sp³-hybridized carbons (Fsp3) is 0.545. The maximum atomic E-state index is 12.9. The Morgan fingerprint density at radius 1 is 1.19 bits per heavy atom. The number of carbonyl (C=O) groups is 1. The van der Waals surface area contributed by atoms with Crippen molar-refractivity contribution < 1.29 is 9.21 Å². The van der Waals surface area contributed by atoms with Gasteiger partial charge in [-0.3, -0.25) is 9.69 Å². The first kappa shape index (κ1) is 18.2. The first-order valence-electron chi connectivity index (χ1n) is 10.0. The molecule has 2 unspecified atom stereocenters. The fourth-order valence-electron chi connectivity index (χ4n) is 4.39. The number of hydrogen-bond acceptors (Lipinski definition) is 4. The van der Waals surface area contributed by atoms with Gasteiger partial charge in [0.1, 0.15) is 5.76 Å². The van der Waals surface area contributed by atoms with Gasteiger partial charge >= 0.3 is 5.91 Å². The molecule has 0 radical (unpaired) electrons. The topological polar surface area (TPSA) is 49.6 Å². The molecule has 0 saturated carbocycles. The predicted octanol–water partition coefficient (Wildman–Crippen LogP) is 3.66. The molecule has 0 aliphatic carbocycles. The number of oxazole rings is 1. The molecule has 2 aromatic rings. The van der Waals surface area contributed by atoms with E-state index in [9.17, 15) is 4.79 Å². The highest BCUT2D eigenvalue weighted by atomic mass is 16.4. The van der Waals surface area contributed by atoms with Crippen LogP contribution in [0.2, 0.25) is 0 Å². The van der Waals surface area contributed by atoms with Gasteiger partial charge in [-0.25, -0.2) is 4.98 Å². The van der Waals surface area contributed by atoms with Crippen LogP contribution in [-0.2, 0) is 19.5 Å².